The van der Waals surface area contributed by atoms with Crippen LogP contribution in [0.3, 0.4) is 0 Å². The lowest BCUT2D eigenvalue weighted by Crippen LogP contribution is -2.60. The second-order valence-corrected chi connectivity index (χ2v) is 20.0. The zero-order valence-electron chi connectivity index (χ0n) is 43.1. The molecule has 11 heteroatoms. The number of amides is 1. The van der Waals surface area contributed by atoms with Crippen molar-refractivity contribution >= 4 is 5.91 Å². The average molecular weight is 954 g/mol. The molecule has 0 aromatic heterocycles. The summed E-state index contributed by atoms with van der Waals surface area (Å²) in [4.78, 5) is 13.1. The number of carbonyl (C=O) groups is 1. The Morgan fingerprint density at radius 3 is 1.28 bits per heavy atom. The summed E-state index contributed by atoms with van der Waals surface area (Å²) in [5.74, 6) is -0.709. The molecule has 1 saturated heterocycles. The van der Waals surface area contributed by atoms with Crippen LogP contribution in [0.1, 0.15) is 258 Å². The molecule has 396 valence electrons. The minimum Gasteiger partial charge on any atom is -0.394 e. The first-order valence-electron chi connectivity index (χ1n) is 28.2. The van der Waals surface area contributed by atoms with Crippen molar-refractivity contribution in [1.29, 1.82) is 0 Å². The van der Waals surface area contributed by atoms with E-state index in [0.29, 0.717) is 12.8 Å². The van der Waals surface area contributed by atoms with Crippen LogP contribution in [-0.2, 0) is 14.3 Å². The van der Waals surface area contributed by atoms with E-state index in [-0.39, 0.29) is 12.8 Å². The average Bonchev–Trinajstić information content (AvgIpc) is 3.33. The molecule has 8 N–H and O–H groups in total. The molecule has 9 unspecified atom stereocenters. The van der Waals surface area contributed by atoms with Crippen molar-refractivity contribution in [3.05, 3.63) is 24.3 Å². The Kier molecular flexibility index (Phi) is 43.4. The molecule has 1 aliphatic rings. The second-order valence-electron chi connectivity index (χ2n) is 20.0. The van der Waals surface area contributed by atoms with Gasteiger partial charge in [0.2, 0.25) is 5.91 Å². The van der Waals surface area contributed by atoms with Gasteiger partial charge in [-0.15, -0.1) is 0 Å². The van der Waals surface area contributed by atoms with Gasteiger partial charge in [-0.25, -0.2) is 0 Å². The number of carbonyl (C=O) groups excluding carboxylic acids is 1. The van der Waals surface area contributed by atoms with E-state index in [0.717, 1.165) is 57.8 Å². The Morgan fingerprint density at radius 2 is 0.881 bits per heavy atom. The zero-order valence-corrected chi connectivity index (χ0v) is 43.1. The van der Waals surface area contributed by atoms with Gasteiger partial charge < -0.3 is 50.5 Å². The maximum Gasteiger partial charge on any atom is 0.249 e. The van der Waals surface area contributed by atoms with Gasteiger partial charge in [-0.2, -0.15) is 0 Å². The van der Waals surface area contributed by atoms with Crippen molar-refractivity contribution in [3.63, 3.8) is 0 Å². The molecule has 67 heavy (non-hydrogen) atoms. The van der Waals surface area contributed by atoms with Crippen molar-refractivity contribution < 1.29 is 50.0 Å². The van der Waals surface area contributed by atoms with Crippen LogP contribution in [-0.4, -0.2) is 110 Å². The van der Waals surface area contributed by atoms with E-state index in [4.69, 9.17) is 9.47 Å². The van der Waals surface area contributed by atoms with E-state index in [1.165, 1.54) is 161 Å². The molecule has 1 aliphatic heterocycles. The normalized spacial score (nSPS) is 20.8. The van der Waals surface area contributed by atoms with E-state index >= 15 is 0 Å². The molecule has 1 heterocycles. The molecule has 0 aliphatic carbocycles. The van der Waals surface area contributed by atoms with Crippen LogP contribution in [0.2, 0.25) is 0 Å². The molecular formula is C56H107NO10. The summed E-state index contributed by atoms with van der Waals surface area (Å²) in [5.41, 5.74) is 0. The van der Waals surface area contributed by atoms with Gasteiger partial charge in [-0.1, -0.05) is 218 Å². The molecule has 0 radical (unpaired) electrons. The van der Waals surface area contributed by atoms with Crippen LogP contribution in [0.25, 0.3) is 0 Å². The fourth-order valence-corrected chi connectivity index (χ4v) is 9.08. The van der Waals surface area contributed by atoms with Gasteiger partial charge in [0, 0.05) is 0 Å². The predicted molar refractivity (Wildman–Crippen MR) is 275 cm³/mol. The number of hydrogen-bond donors (Lipinski definition) is 8. The van der Waals surface area contributed by atoms with Crippen molar-refractivity contribution in [1.82, 2.24) is 5.32 Å². The van der Waals surface area contributed by atoms with E-state index in [9.17, 15) is 40.5 Å². The number of hydrogen-bond acceptors (Lipinski definition) is 10. The van der Waals surface area contributed by atoms with E-state index in [1.807, 2.05) is 0 Å². The van der Waals surface area contributed by atoms with Crippen LogP contribution in [0.5, 0.6) is 0 Å². The number of aliphatic hydroxyl groups excluding tert-OH is 7. The molecule has 0 aromatic rings. The summed E-state index contributed by atoms with van der Waals surface area (Å²) in [6, 6.07) is -1.19. The summed E-state index contributed by atoms with van der Waals surface area (Å²) in [6.07, 6.45) is 42.3. The van der Waals surface area contributed by atoms with Crippen LogP contribution in [0.4, 0.5) is 0 Å². The summed E-state index contributed by atoms with van der Waals surface area (Å²) >= 11 is 0. The molecular weight excluding hydrogens is 847 g/mol. The SMILES string of the molecule is CCCCCCCC/C=C\CCCCCCCCC(O)C(=O)NC(COC1OC(CO)C(O)C(O)C1O)C(O)C(O)CCC/C=C/CCCCCCCCCCCCCCCCCCCCC. The van der Waals surface area contributed by atoms with E-state index in [2.05, 4.69) is 43.5 Å². The minimum absolute atomic E-state index is 0.248. The van der Waals surface area contributed by atoms with Gasteiger partial charge in [-0.05, 0) is 64.2 Å². The topological polar surface area (TPSA) is 189 Å². The van der Waals surface area contributed by atoms with Gasteiger partial charge in [-0.3, -0.25) is 4.79 Å². The highest BCUT2D eigenvalue weighted by atomic mass is 16.7. The fourth-order valence-electron chi connectivity index (χ4n) is 9.08. The predicted octanol–water partition coefficient (Wildman–Crippen LogP) is 11.3. The largest absolute Gasteiger partial charge is 0.394 e. The quantitative estimate of drug-likeness (QED) is 0.0215. The van der Waals surface area contributed by atoms with Crippen molar-refractivity contribution in [2.75, 3.05) is 13.2 Å². The third kappa shape index (κ3) is 34.5. The first kappa shape index (κ1) is 63.6. The molecule has 0 aromatic carbocycles. The van der Waals surface area contributed by atoms with Crippen LogP contribution in [0, 0.1) is 0 Å². The smallest absolute Gasteiger partial charge is 0.249 e. The van der Waals surface area contributed by atoms with Gasteiger partial charge in [0.1, 0.15) is 36.6 Å². The number of unbranched alkanes of at least 4 members (excludes halogenated alkanes) is 32. The lowest BCUT2D eigenvalue weighted by molar-refractivity contribution is -0.303. The third-order valence-electron chi connectivity index (χ3n) is 13.7. The lowest BCUT2D eigenvalue weighted by Gasteiger charge is -2.40. The van der Waals surface area contributed by atoms with E-state index < -0.39 is 74.2 Å². The number of allylic oxidation sites excluding steroid dienone is 4. The van der Waals surface area contributed by atoms with Crippen molar-refractivity contribution in [2.24, 2.45) is 0 Å². The number of rotatable bonds is 48. The Morgan fingerprint density at radius 1 is 0.507 bits per heavy atom. The Bertz CT molecular complexity index is 1140. The van der Waals surface area contributed by atoms with Gasteiger partial charge >= 0.3 is 0 Å². The maximum atomic E-state index is 13.1. The first-order valence-corrected chi connectivity index (χ1v) is 28.2. The third-order valence-corrected chi connectivity index (χ3v) is 13.7. The lowest BCUT2D eigenvalue weighted by atomic mass is 9.98. The van der Waals surface area contributed by atoms with Crippen LogP contribution < -0.4 is 5.32 Å². The zero-order chi connectivity index (χ0) is 49.0. The second kappa shape index (κ2) is 45.7. The Hall–Kier alpha value is -1.41. The Balaban J connectivity index is 2.34. The molecule has 11 nitrogen and oxygen atoms in total. The molecule has 0 bridgehead atoms. The molecule has 9 atom stereocenters. The van der Waals surface area contributed by atoms with Crippen LogP contribution in [0.15, 0.2) is 24.3 Å². The summed E-state index contributed by atoms with van der Waals surface area (Å²) < 4.78 is 11.1. The first-order chi connectivity index (χ1) is 32.7. The fraction of sp³-hybridized carbons (Fsp3) is 0.911. The van der Waals surface area contributed by atoms with E-state index in [1.54, 1.807) is 0 Å². The molecule has 0 spiro atoms. The van der Waals surface area contributed by atoms with Crippen molar-refractivity contribution in [2.45, 2.75) is 313 Å². The standard InChI is InChI=1S/C56H107NO10/c1-3-5-7-9-11-13-15-17-19-21-22-23-24-25-26-27-28-30-31-33-35-37-39-41-43-48(59)51(61)47(46-66-56-54(64)53(63)52(62)50(45-58)67-56)57-55(65)49(60)44-42-40-38-36-34-32-29-20-18-16-14-12-10-8-6-4-2/h18,20,35,37,47-54,56,58-64H,3-17,19,21-34,36,38-46H2,1-2H3,(H,57,65)/b20-18-,37-35+. The van der Waals surface area contributed by atoms with Crippen molar-refractivity contribution in [3.8, 4) is 0 Å². The summed E-state index contributed by atoms with van der Waals surface area (Å²) in [5, 5.41) is 76.0. The maximum absolute atomic E-state index is 13.1. The number of ether oxygens (including phenoxy) is 2. The molecule has 1 fully saturated rings. The summed E-state index contributed by atoms with van der Waals surface area (Å²) in [7, 11) is 0. The molecule has 1 amide bonds. The highest BCUT2D eigenvalue weighted by Gasteiger charge is 2.44. The highest BCUT2D eigenvalue weighted by molar-refractivity contribution is 5.80. The highest BCUT2D eigenvalue weighted by Crippen LogP contribution is 2.23. The van der Waals surface area contributed by atoms with Gasteiger partial charge in [0.25, 0.3) is 0 Å². The van der Waals surface area contributed by atoms with Gasteiger partial charge in [0.05, 0.1) is 25.4 Å². The van der Waals surface area contributed by atoms with Crippen LogP contribution >= 0.6 is 0 Å². The number of aliphatic hydroxyl groups is 7. The summed E-state index contributed by atoms with van der Waals surface area (Å²) in [6.45, 7) is 3.45. The number of nitrogens with one attached hydrogen (secondary N) is 1. The molecule has 1 rings (SSSR count). The minimum atomic E-state index is -1.67. The monoisotopic (exact) mass is 954 g/mol. The Labute approximate surface area is 410 Å². The van der Waals surface area contributed by atoms with Gasteiger partial charge in [0.15, 0.2) is 6.29 Å². The molecule has 0 saturated carbocycles.